The van der Waals surface area contributed by atoms with Gasteiger partial charge in [-0.15, -0.1) is 0 Å². The van der Waals surface area contributed by atoms with E-state index in [-0.39, 0.29) is 0 Å². The summed E-state index contributed by atoms with van der Waals surface area (Å²) in [6.45, 7) is 7.27. The largest absolute Gasteiger partial charge is 0.459 e. The zero-order valence-electron chi connectivity index (χ0n) is 12.4. The molecule has 0 spiro atoms. The molecule has 0 bridgehead atoms. The minimum Gasteiger partial charge on any atom is -0.459 e. The molecule has 2 unspecified atom stereocenters. The maximum absolute atomic E-state index is 5.90. The van der Waals surface area contributed by atoms with E-state index in [1.54, 1.807) is 0 Å². The van der Waals surface area contributed by atoms with E-state index in [4.69, 9.17) is 10.2 Å². The number of fused-ring (bicyclic) bond motifs is 1. The number of rotatable bonds is 3. The third-order valence-corrected chi connectivity index (χ3v) is 4.58. The van der Waals surface area contributed by atoms with Crippen molar-refractivity contribution in [3.63, 3.8) is 0 Å². The highest BCUT2D eigenvalue weighted by Gasteiger charge is 2.25. The molecule has 108 valence electrons. The number of para-hydroxylation sites is 1. The molecule has 1 aromatic heterocycles. The lowest BCUT2D eigenvalue weighted by atomic mass is 9.94. The van der Waals surface area contributed by atoms with Gasteiger partial charge in [0.2, 0.25) is 0 Å². The van der Waals surface area contributed by atoms with Crippen LogP contribution in [0.15, 0.2) is 28.7 Å². The molecule has 1 aromatic carbocycles. The highest BCUT2D eigenvalue weighted by Crippen LogP contribution is 2.30. The molecule has 3 heteroatoms. The molecule has 3 rings (SSSR count). The van der Waals surface area contributed by atoms with Crippen LogP contribution >= 0.6 is 0 Å². The van der Waals surface area contributed by atoms with Gasteiger partial charge in [0.15, 0.2) is 0 Å². The van der Waals surface area contributed by atoms with Crippen LogP contribution in [0.5, 0.6) is 0 Å². The van der Waals surface area contributed by atoms with Gasteiger partial charge in [0.1, 0.15) is 11.3 Å². The summed E-state index contributed by atoms with van der Waals surface area (Å²) in [5.74, 6) is 1.72. The fourth-order valence-electron chi connectivity index (χ4n) is 3.29. The number of hydrogen-bond acceptors (Lipinski definition) is 3. The maximum Gasteiger partial charge on any atom is 0.134 e. The fraction of sp³-hybridized carbons (Fsp3) is 0.529. The smallest absolute Gasteiger partial charge is 0.134 e. The van der Waals surface area contributed by atoms with Crippen LogP contribution in [0.1, 0.15) is 38.0 Å². The van der Waals surface area contributed by atoms with Crippen molar-refractivity contribution in [2.45, 2.75) is 45.8 Å². The van der Waals surface area contributed by atoms with Crippen LogP contribution in [-0.2, 0) is 13.1 Å². The molecule has 0 saturated carbocycles. The summed E-state index contributed by atoms with van der Waals surface area (Å²) in [7, 11) is 0. The van der Waals surface area contributed by atoms with Crippen LogP contribution in [0.3, 0.4) is 0 Å². The van der Waals surface area contributed by atoms with Crippen molar-refractivity contribution < 1.29 is 4.42 Å². The monoisotopic (exact) mass is 272 g/mol. The molecule has 0 amide bonds. The molecule has 0 radical (unpaired) electrons. The van der Waals surface area contributed by atoms with Gasteiger partial charge in [-0.2, -0.15) is 0 Å². The van der Waals surface area contributed by atoms with E-state index in [2.05, 4.69) is 30.9 Å². The Kier molecular flexibility index (Phi) is 3.81. The number of hydrogen-bond donors (Lipinski definition) is 1. The summed E-state index contributed by atoms with van der Waals surface area (Å²) in [6.07, 6.45) is 2.63. The van der Waals surface area contributed by atoms with Crippen LogP contribution in [0, 0.1) is 5.92 Å². The summed E-state index contributed by atoms with van der Waals surface area (Å²) in [5, 5.41) is 1.22. The summed E-state index contributed by atoms with van der Waals surface area (Å²) < 4.78 is 5.90. The first kappa shape index (κ1) is 13.7. The highest BCUT2D eigenvalue weighted by molar-refractivity contribution is 5.82. The highest BCUT2D eigenvalue weighted by atomic mass is 16.3. The van der Waals surface area contributed by atoms with E-state index < -0.39 is 0 Å². The van der Waals surface area contributed by atoms with E-state index in [1.807, 2.05) is 12.1 Å². The normalized spacial score (nSPS) is 24.4. The number of nitrogens with zero attached hydrogens (tertiary/aromatic N) is 1. The van der Waals surface area contributed by atoms with Crippen molar-refractivity contribution in [3.05, 3.63) is 35.6 Å². The van der Waals surface area contributed by atoms with Gasteiger partial charge in [0.25, 0.3) is 0 Å². The Labute approximate surface area is 120 Å². The van der Waals surface area contributed by atoms with Gasteiger partial charge in [-0.25, -0.2) is 0 Å². The summed E-state index contributed by atoms with van der Waals surface area (Å²) in [6, 6.07) is 8.90. The van der Waals surface area contributed by atoms with Crippen molar-refractivity contribution in [1.29, 1.82) is 0 Å². The molecule has 1 saturated heterocycles. The Morgan fingerprint density at radius 1 is 1.25 bits per heavy atom. The second-order valence-electron chi connectivity index (χ2n) is 6.17. The van der Waals surface area contributed by atoms with Gasteiger partial charge in [-0.3, -0.25) is 4.90 Å². The molecule has 1 fully saturated rings. The third kappa shape index (κ3) is 2.48. The average molecular weight is 272 g/mol. The standard InChI is InChI=1S/C17H24N2O/c1-12-7-8-13(2)19(10-12)11-15-14-5-3-4-6-16(14)20-17(15)9-18/h3-6,12-13H,7-11,18H2,1-2H3. The Hall–Kier alpha value is -1.32. The predicted octanol–water partition coefficient (Wildman–Crippen LogP) is 3.51. The minimum atomic E-state index is 0.474. The first-order valence-corrected chi connectivity index (χ1v) is 7.62. The van der Waals surface area contributed by atoms with Crippen molar-refractivity contribution in [2.24, 2.45) is 11.7 Å². The lowest BCUT2D eigenvalue weighted by Gasteiger charge is -2.36. The average Bonchev–Trinajstić information content (AvgIpc) is 2.81. The van der Waals surface area contributed by atoms with Crippen molar-refractivity contribution in [2.75, 3.05) is 6.54 Å². The predicted molar refractivity (Wildman–Crippen MR) is 82.4 cm³/mol. The van der Waals surface area contributed by atoms with Crippen LogP contribution < -0.4 is 5.73 Å². The molecule has 2 atom stereocenters. The first-order valence-electron chi connectivity index (χ1n) is 7.62. The molecule has 1 aliphatic rings. The third-order valence-electron chi connectivity index (χ3n) is 4.58. The molecule has 2 N–H and O–H groups in total. The summed E-state index contributed by atoms with van der Waals surface area (Å²) in [4.78, 5) is 2.57. The Bertz CT molecular complexity index is 590. The second-order valence-corrected chi connectivity index (χ2v) is 6.17. The molecule has 2 aromatic rings. The molecule has 3 nitrogen and oxygen atoms in total. The quantitative estimate of drug-likeness (QED) is 0.929. The van der Waals surface area contributed by atoms with E-state index in [9.17, 15) is 0 Å². The Morgan fingerprint density at radius 2 is 2.05 bits per heavy atom. The zero-order valence-corrected chi connectivity index (χ0v) is 12.4. The van der Waals surface area contributed by atoms with E-state index in [0.29, 0.717) is 12.6 Å². The number of benzene rings is 1. The van der Waals surface area contributed by atoms with E-state index in [1.165, 1.54) is 30.3 Å². The van der Waals surface area contributed by atoms with Crippen LogP contribution in [0.25, 0.3) is 11.0 Å². The van der Waals surface area contributed by atoms with Crippen LogP contribution in [0.4, 0.5) is 0 Å². The van der Waals surface area contributed by atoms with Gasteiger partial charge in [0, 0.05) is 30.1 Å². The number of nitrogens with two attached hydrogens (primary N) is 1. The van der Waals surface area contributed by atoms with Crippen molar-refractivity contribution >= 4 is 11.0 Å². The van der Waals surface area contributed by atoms with Crippen molar-refractivity contribution in [1.82, 2.24) is 4.90 Å². The van der Waals surface area contributed by atoms with E-state index >= 15 is 0 Å². The Morgan fingerprint density at radius 3 is 2.85 bits per heavy atom. The Balaban J connectivity index is 1.93. The summed E-state index contributed by atoms with van der Waals surface area (Å²) in [5.41, 5.74) is 8.11. The lowest BCUT2D eigenvalue weighted by Crippen LogP contribution is -2.40. The first-order chi connectivity index (χ1) is 9.69. The van der Waals surface area contributed by atoms with Gasteiger partial charge < -0.3 is 10.2 Å². The summed E-state index contributed by atoms with van der Waals surface area (Å²) >= 11 is 0. The molecule has 2 heterocycles. The number of likely N-dealkylation sites (tertiary alicyclic amines) is 1. The number of piperidine rings is 1. The molecule has 1 aliphatic heterocycles. The zero-order chi connectivity index (χ0) is 14.1. The fourth-order valence-corrected chi connectivity index (χ4v) is 3.29. The van der Waals surface area contributed by atoms with Gasteiger partial charge in [0.05, 0.1) is 6.54 Å². The van der Waals surface area contributed by atoms with Gasteiger partial charge in [-0.05, 0) is 31.7 Å². The van der Waals surface area contributed by atoms with Crippen LogP contribution in [-0.4, -0.2) is 17.5 Å². The molecular formula is C17H24N2O. The molecular weight excluding hydrogens is 248 g/mol. The van der Waals surface area contributed by atoms with E-state index in [0.717, 1.165) is 23.8 Å². The minimum absolute atomic E-state index is 0.474. The van der Waals surface area contributed by atoms with Gasteiger partial charge in [-0.1, -0.05) is 25.1 Å². The maximum atomic E-state index is 5.90. The lowest BCUT2D eigenvalue weighted by molar-refractivity contribution is 0.117. The molecule has 20 heavy (non-hydrogen) atoms. The van der Waals surface area contributed by atoms with Crippen molar-refractivity contribution in [3.8, 4) is 0 Å². The second kappa shape index (κ2) is 5.58. The SMILES string of the molecule is CC1CCC(C)N(Cc2c(CN)oc3ccccc23)C1. The number of furan rings is 1. The topological polar surface area (TPSA) is 42.4 Å². The molecule has 0 aliphatic carbocycles. The van der Waals surface area contributed by atoms with Gasteiger partial charge >= 0.3 is 0 Å². The van der Waals surface area contributed by atoms with Crippen LogP contribution in [0.2, 0.25) is 0 Å².